The summed E-state index contributed by atoms with van der Waals surface area (Å²) in [6.45, 7) is 1.79. The van der Waals surface area contributed by atoms with E-state index in [2.05, 4.69) is 25.6 Å². The molecule has 0 saturated carbocycles. The van der Waals surface area contributed by atoms with Crippen LogP contribution in [0.5, 0.6) is 0 Å². The number of tetrazole rings is 1. The maximum Gasteiger partial charge on any atom is 0.352 e. The van der Waals surface area contributed by atoms with Crippen molar-refractivity contribution in [1.29, 1.82) is 0 Å². The van der Waals surface area contributed by atoms with Gasteiger partial charge in [-0.05, 0) is 47.9 Å². The highest BCUT2D eigenvalue weighted by Gasteiger charge is 2.54. The maximum absolute atomic E-state index is 12.9. The molecule has 4 rings (SSSR count). The third-order valence-corrected chi connectivity index (χ3v) is 10.3. The minimum Gasteiger partial charge on any atom is -0.480 e. The fourth-order valence-corrected chi connectivity index (χ4v) is 7.77. The molecular formula is C23H27N7O8S3. The third-order valence-electron chi connectivity index (χ3n) is 6.35. The Morgan fingerprint density at radius 2 is 1.93 bits per heavy atom. The van der Waals surface area contributed by atoms with E-state index in [0.29, 0.717) is 16.5 Å². The standard InChI is InChI=1S/C23H27N7O8S3/c1-12-6-8-14(9-7-12)41(37,38)26-15(21(33)34)4-3-5-16(31)24-17-19(32)30-18(22(35)36)13(10-39-20(17)30)11-40-23-25-27-28-29(23)2/h6-9,15,17,20,26H,3-5,10-11H2,1-2H3,(H,24,31)(H,33,34)(H,35,36)/t15?,17-,20+/m1/s1. The first-order chi connectivity index (χ1) is 19.4. The summed E-state index contributed by atoms with van der Waals surface area (Å²) in [4.78, 5) is 50.2. The fourth-order valence-electron chi connectivity index (χ4n) is 4.21. The summed E-state index contributed by atoms with van der Waals surface area (Å²) in [6.07, 6.45) is -0.294. The first kappa shape index (κ1) is 30.5. The van der Waals surface area contributed by atoms with Crippen molar-refractivity contribution in [3.8, 4) is 0 Å². The SMILES string of the molecule is Cc1ccc(S(=O)(=O)NC(CCCC(=O)N[C@@H]2C(=O)N3C(C(=O)O)=C(CSc4nnnn4C)CS[C@@H]23)C(=O)O)cc1. The molecule has 0 spiro atoms. The zero-order valence-electron chi connectivity index (χ0n) is 21.9. The second-order valence-corrected chi connectivity index (χ2v) is 13.1. The van der Waals surface area contributed by atoms with E-state index in [1.54, 1.807) is 26.1 Å². The Balaban J connectivity index is 1.31. The smallest absolute Gasteiger partial charge is 0.352 e. The molecule has 3 heterocycles. The van der Waals surface area contributed by atoms with Crippen LogP contribution in [0.25, 0.3) is 0 Å². The van der Waals surface area contributed by atoms with Crippen molar-refractivity contribution in [2.45, 2.75) is 53.7 Å². The molecule has 1 aromatic heterocycles. The predicted molar refractivity (Wildman–Crippen MR) is 146 cm³/mol. The third kappa shape index (κ3) is 6.88. The number of amides is 2. The van der Waals surface area contributed by atoms with E-state index >= 15 is 0 Å². The topological polar surface area (TPSA) is 214 Å². The number of fused-ring (bicyclic) bond motifs is 1. The highest BCUT2D eigenvalue weighted by atomic mass is 32.2. The van der Waals surface area contributed by atoms with Gasteiger partial charge < -0.3 is 15.5 Å². The van der Waals surface area contributed by atoms with Crippen LogP contribution in [-0.2, 0) is 36.2 Å². The number of sulfonamides is 1. The molecule has 2 aliphatic heterocycles. The van der Waals surface area contributed by atoms with Gasteiger partial charge in [0.05, 0.1) is 4.90 Å². The number of hydrogen-bond donors (Lipinski definition) is 4. The largest absolute Gasteiger partial charge is 0.480 e. The number of carbonyl (C=O) groups excluding carboxylic acids is 2. The van der Waals surface area contributed by atoms with Crippen molar-refractivity contribution in [3.63, 3.8) is 0 Å². The number of hydrogen-bond acceptors (Lipinski definition) is 11. The van der Waals surface area contributed by atoms with Crippen molar-refractivity contribution < 1.29 is 37.8 Å². The summed E-state index contributed by atoms with van der Waals surface area (Å²) in [6, 6.07) is 3.53. The zero-order valence-corrected chi connectivity index (χ0v) is 24.3. The molecule has 15 nitrogen and oxygen atoms in total. The van der Waals surface area contributed by atoms with Gasteiger partial charge in [0, 0.05) is 25.0 Å². The molecule has 0 bridgehead atoms. The van der Waals surface area contributed by atoms with Gasteiger partial charge in [-0.25, -0.2) is 17.9 Å². The van der Waals surface area contributed by atoms with Gasteiger partial charge in [0.1, 0.15) is 23.2 Å². The number of nitrogens with one attached hydrogen (secondary N) is 2. The summed E-state index contributed by atoms with van der Waals surface area (Å²) >= 11 is 2.56. The van der Waals surface area contributed by atoms with Gasteiger partial charge in [-0.15, -0.1) is 16.9 Å². The Hall–Kier alpha value is -3.48. The first-order valence-electron chi connectivity index (χ1n) is 12.3. The number of rotatable bonds is 13. The van der Waals surface area contributed by atoms with Crippen molar-refractivity contribution in [3.05, 3.63) is 41.1 Å². The van der Waals surface area contributed by atoms with Crippen LogP contribution in [0.3, 0.4) is 0 Å². The molecular weight excluding hydrogens is 598 g/mol. The lowest BCUT2D eigenvalue weighted by Gasteiger charge is -2.49. The molecule has 2 aromatic rings. The highest BCUT2D eigenvalue weighted by Crippen LogP contribution is 2.41. The highest BCUT2D eigenvalue weighted by molar-refractivity contribution is 8.01. The Kier molecular flexibility index (Phi) is 9.35. The number of carboxylic acid groups (broad SMARTS) is 2. The molecule has 3 atom stereocenters. The van der Waals surface area contributed by atoms with Gasteiger partial charge in [0.2, 0.25) is 21.1 Å². The Morgan fingerprint density at radius 3 is 2.54 bits per heavy atom. The van der Waals surface area contributed by atoms with Gasteiger partial charge in [-0.2, -0.15) is 4.72 Å². The number of aryl methyl sites for hydroxylation is 2. The molecule has 0 radical (unpaired) electrons. The van der Waals surface area contributed by atoms with Crippen molar-refractivity contribution >= 4 is 57.3 Å². The Labute approximate surface area is 243 Å². The van der Waals surface area contributed by atoms with Crippen molar-refractivity contribution in [2.24, 2.45) is 7.05 Å². The second kappa shape index (κ2) is 12.6. The minimum absolute atomic E-state index is 0.0280. The number of thioether (sulfide) groups is 2. The predicted octanol–water partition coefficient (Wildman–Crippen LogP) is -0.0488. The number of aromatic nitrogens is 4. The zero-order chi connectivity index (χ0) is 29.9. The molecule has 220 valence electrons. The Bertz CT molecular complexity index is 1490. The lowest BCUT2D eigenvalue weighted by atomic mass is 10.0. The summed E-state index contributed by atoms with van der Waals surface area (Å²) in [5.74, 6) is -3.16. The molecule has 2 aliphatic rings. The van der Waals surface area contributed by atoms with Gasteiger partial charge in [-0.1, -0.05) is 29.5 Å². The summed E-state index contributed by atoms with van der Waals surface area (Å²) < 4.78 is 28.8. The lowest BCUT2D eigenvalue weighted by Crippen LogP contribution is -2.70. The molecule has 4 N–H and O–H groups in total. The molecule has 18 heteroatoms. The molecule has 0 aliphatic carbocycles. The van der Waals surface area contributed by atoms with Crippen molar-refractivity contribution in [2.75, 3.05) is 11.5 Å². The van der Waals surface area contributed by atoms with E-state index in [-0.39, 0.29) is 35.6 Å². The normalized spacial score (nSPS) is 19.4. The fraction of sp³-hybridized carbons (Fsp3) is 0.435. The number of β-lactam (4-membered cyclic amide) rings is 1. The van der Waals surface area contributed by atoms with E-state index in [1.165, 1.54) is 40.3 Å². The number of nitrogens with zero attached hydrogens (tertiary/aromatic N) is 5. The second-order valence-electron chi connectivity index (χ2n) is 9.30. The van der Waals surface area contributed by atoms with Gasteiger partial charge in [-0.3, -0.25) is 19.3 Å². The van der Waals surface area contributed by atoms with Gasteiger partial charge in [0.15, 0.2) is 0 Å². The quantitative estimate of drug-likeness (QED) is 0.170. The number of carboxylic acids is 2. The van der Waals surface area contributed by atoms with E-state index in [1.807, 2.05) is 0 Å². The summed E-state index contributed by atoms with van der Waals surface area (Å²) in [5, 5.41) is 32.9. The molecule has 41 heavy (non-hydrogen) atoms. The van der Waals surface area contributed by atoms with E-state index in [4.69, 9.17) is 0 Å². The van der Waals surface area contributed by atoms with Crippen LogP contribution in [-0.4, -0.2) is 96.5 Å². The van der Waals surface area contributed by atoms with Crippen LogP contribution in [0.15, 0.2) is 45.6 Å². The van der Waals surface area contributed by atoms with Gasteiger partial charge >= 0.3 is 11.9 Å². The number of benzene rings is 1. The van der Waals surface area contributed by atoms with E-state index < -0.39 is 51.2 Å². The van der Waals surface area contributed by atoms with E-state index in [9.17, 15) is 37.8 Å². The molecule has 1 aromatic carbocycles. The summed E-state index contributed by atoms with van der Waals surface area (Å²) in [5.41, 5.74) is 1.24. The average Bonchev–Trinajstić information content (AvgIpc) is 3.33. The van der Waals surface area contributed by atoms with Crippen LogP contribution in [0.1, 0.15) is 24.8 Å². The number of carbonyl (C=O) groups is 4. The number of aliphatic carboxylic acids is 2. The lowest BCUT2D eigenvalue weighted by molar-refractivity contribution is -0.150. The van der Waals surface area contributed by atoms with Crippen LogP contribution in [0.2, 0.25) is 0 Å². The maximum atomic E-state index is 12.9. The monoisotopic (exact) mass is 625 g/mol. The van der Waals surface area contributed by atoms with Crippen LogP contribution >= 0.6 is 23.5 Å². The van der Waals surface area contributed by atoms with Crippen LogP contribution in [0, 0.1) is 6.92 Å². The van der Waals surface area contributed by atoms with Crippen molar-refractivity contribution in [1.82, 2.24) is 35.1 Å². The van der Waals surface area contributed by atoms with Crippen LogP contribution in [0.4, 0.5) is 0 Å². The average molecular weight is 626 g/mol. The van der Waals surface area contributed by atoms with E-state index in [0.717, 1.165) is 10.5 Å². The minimum atomic E-state index is -4.09. The van der Waals surface area contributed by atoms with Crippen LogP contribution < -0.4 is 10.0 Å². The molecule has 1 fully saturated rings. The Morgan fingerprint density at radius 1 is 1.22 bits per heavy atom. The molecule has 2 amide bonds. The molecule has 1 saturated heterocycles. The first-order valence-corrected chi connectivity index (χ1v) is 15.8. The summed E-state index contributed by atoms with van der Waals surface area (Å²) in [7, 11) is -2.44. The van der Waals surface area contributed by atoms with Gasteiger partial charge in [0.25, 0.3) is 5.91 Å². The molecule has 1 unspecified atom stereocenters.